The second-order valence-corrected chi connectivity index (χ2v) is 7.77. The molecule has 1 aliphatic heterocycles. The molecule has 5 rings (SSSR count). The van der Waals surface area contributed by atoms with Crippen molar-refractivity contribution in [1.82, 2.24) is 19.9 Å². The monoisotopic (exact) mass is 421 g/mol. The molecule has 0 saturated carbocycles. The van der Waals surface area contributed by atoms with Gasteiger partial charge >= 0.3 is 0 Å². The minimum absolute atomic E-state index is 0.126. The van der Waals surface area contributed by atoms with Crippen molar-refractivity contribution in [3.8, 4) is 0 Å². The molecule has 2 N–H and O–H groups in total. The van der Waals surface area contributed by atoms with Gasteiger partial charge in [0.15, 0.2) is 0 Å². The fourth-order valence-corrected chi connectivity index (χ4v) is 4.15. The van der Waals surface area contributed by atoms with Crippen molar-refractivity contribution in [2.24, 2.45) is 0 Å². The van der Waals surface area contributed by atoms with Gasteiger partial charge < -0.3 is 15.0 Å². The van der Waals surface area contributed by atoms with Crippen molar-refractivity contribution >= 4 is 45.0 Å². The number of H-pyrrole nitrogens is 1. The van der Waals surface area contributed by atoms with E-state index in [0.717, 1.165) is 27.4 Å². The molecule has 1 aromatic carbocycles. The van der Waals surface area contributed by atoms with Gasteiger partial charge in [0.1, 0.15) is 6.04 Å². The largest absolute Gasteiger partial charge is 0.378 e. The lowest BCUT2D eigenvalue weighted by Crippen LogP contribution is -2.51. The molecule has 8 heteroatoms. The number of anilines is 1. The molecule has 4 heterocycles. The summed E-state index contributed by atoms with van der Waals surface area (Å²) in [6.07, 6.45) is 7.07. The number of carbonyl (C=O) groups is 1. The molecule has 152 valence electrons. The van der Waals surface area contributed by atoms with E-state index in [2.05, 4.69) is 25.2 Å². The minimum atomic E-state index is -0.404. The SMILES string of the molecule is O=C(Nc1cc(Cl)cc2c1[nH]c1cnccc12)[C@@H]1COCCN1Cc1cccnc1. The van der Waals surface area contributed by atoms with E-state index in [4.69, 9.17) is 16.3 Å². The Morgan fingerprint density at radius 1 is 1.23 bits per heavy atom. The molecule has 1 amide bonds. The van der Waals surface area contributed by atoms with Crippen LogP contribution in [0.25, 0.3) is 21.8 Å². The van der Waals surface area contributed by atoms with Gasteiger partial charge in [0, 0.05) is 47.5 Å². The lowest BCUT2D eigenvalue weighted by atomic mass is 10.1. The van der Waals surface area contributed by atoms with E-state index < -0.39 is 6.04 Å². The van der Waals surface area contributed by atoms with E-state index in [0.29, 0.717) is 37.0 Å². The molecule has 0 aliphatic carbocycles. The first-order chi connectivity index (χ1) is 14.7. The molecule has 1 saturated heterocycles. The van der Waals surface area contributed by atoms with Gasteiger partial charge in [-0.3, -0.25) is 19.7 Å². The Hall–Kier alpha value is -3.00. The number of halogens is 1. The predicted molar refractivity (Wildman–Crippen MR) is 116 cm³/mol. The number of morpholine rings is 1. The number of amides is 1. The van der Waals surface area contributed by atoms with Gasteiger partial charge in [-0.25, -0.2) is 0 Å². The average Bonchev–Trinajstić information content (AvgIpc) is 3.14. The number of benzene rings is 1. The van der Waals surface area contributed by atoms with Crippen molar-refractivity contribution in [3.05, 3.63) is 65.7 Å². The molecule has 0 unspecified atom stereocenters. The topological polar surface area (TPSA) is 83.1 Å². The fraction of sp³-hybridized carbons (Fsp3) is 0.227. The molecule has 0 spiro atoms. The van der Waals surface area contributed by atoms with E-state index in [1.807, 2.05) is 30.5 Å². The highest BCUT2D eigenvalue weighted by Crippen LogP contribution is 2.33. The van der Waals surface area contributed by atoms with Gasteiger partial charge in [-0.2, -0.15) is 0 Å². The number of aromatic nitrogens is 3. The molecule has 7 nitrogen and oxygen atoms in total. The maximum atomic E-state index is 13.2. The number of rotatable bonds is 4. The van der Waals surface area contributed by atoms with Crippen LogP contribution in [0.5, 0.6) is 0 Å². The van der Waals surface area contributed by atoms with E-state index in [-0.39, 0.29) is 5.91 Å². The smallest absolute Gasteiger partial charge is 0.244 e. The Morgan fingerprint density at radius 3 is 3.00 bits per heavy atom. The maximum Gasteiger partial charge on any atom is 0.244 e. The number of fused-ring (bicyclic) bond motifs is 3. The third-order valence-electron chi connectivity index (χ3n) is 5.38. The van der Waals surface area contributed by atoms with Crippen LogP contribution in [0, 0.1) is 0 Å². The van der Waals surface area contributed by atoms with Crippen molar-refractivity contribution < 1.29 is 9.53 Å². The van der Waals surface area contributed by atoms with Crippen LogP contribution in [-0.4, -0.2) is 51.6 Å². The highest BCUT2D eigenvalue weighted by Gasteiger charge is 2.30. The molecule has 4 aromatic rings. The zero-order valence-electron chi connectivity index (χ0n) is 16.1. The number of pyridine rings is 2. The maximum absolute atomic E-state index is 13.2. The van der Waals surface area contributed by atoms with Crippen LogP contribution >= 0.6 is 11.6 Å². The van der Waals surface area contributed by atoms with Gasteiger partial charge in [0.25, 0.3) is 0 Å². The lowest BCUT2D eigenvalue weighted by molar-refractivity contribution is -0.127. The minimum Gasteiger partial charge on any atom is -0.378 e. The standard InChI is InChI=1S/C22H20ClN5O2/c23-15-8-17-16-3-5-25-11-19(16)26-21(17)18(9-15)27-22(29)20-13-30-7-6-28(20)12-14-2-1-4-24-10-14/h1-5,8-11,20,26H,6-7,12-13H2,(H,27,29)/t20-/m0/s1. The molecule has 30 heavy (non-hydrogen) atoms. The Kier molecular flexibility index (Phi) is 5.08. The summed E-state index contributed by atoms with van der Waals surface area (Å²) >= 11 is 6.36. The first kappa shape index (κ1) is 19.0. The van der Waals surface area contributed by atoms with Gasteiger partial charge in [-0.05, 0) is 29.8 Å². The number of ether oxygens (including phenoxy) is 1. The normalized spacial score (nSPS) is 17.4. The number of hydrogen-bond donors (Lipinski definition) is 2. The van der Waals surface area contributed by atoms with Gasteiger partial charge in [0.2, 0.25) is 5.91 Å². The quantitative estimate of drug-likeness (QED) is 0.526. The third kappa shape index (κ3) is 3.63. The van der Waals surface area contributed by atoms with Crippen molar-refractivity contribution in [2.75, 3.05) is 25.1 Å². The first-order valence-corrected chi connectivity index (χ1v) is 10.1. The predicted octanol–water partition coefficient (Wildman–Crippen LogP) is 3.60. The highest BCUT2D eigenvalue weighted by molar-refractivity contribution is 6.33. The van der Waals surface area contributed by atoms with Crippen LogP contribution in [-0.2, 0) is 16.1 Å². The van der Waals surface area contributed by atoms with Gasteiger partial charge in [0.05, 0.1) is 36.1 Å². The molecule has 1 aliphatic rings. The van der Waals surface area contributed by atoms with Crippen LogP contribution in [0.4, 0.5) is 5.69 Å². The highest BCUT2D eigenvalue weighted by atomic mass is 35.5. The summed E-state index contributed by atoms with van der Waals surface area (Å²) in [4.78, 5) is 27.0. The number of carbonyl (C=O) groups excluding carboxylic acids is 1. The van der Waals surface area contributed by atoms with Crippen LogP contribution in [0.2, 0.25) is 5.02 Å². The third-order valence-corrected chi connectivity index (χ3v) is 5.60. The second-order valence-electron chi connectivity index (χ2n) is 7.33. The Morgan fingerprint density at radius 2 is 2.13 bits per heavy atom. The molecular weight excluding hydrogens is 402 g/mol. The summed E-state index contributed by atoms with van der Waals surface area (Å²) in [5.74, 6) is -0.126. The van der Waals surface area contributed by atoms with E-state index in [1.165, 1.54) is 0 Å². The zero-order valence-corrected chi connectivity index (χ0v) is 16.9. The summed E-state index contributed by atoms with van der Waals surface area (Å²) < 4.78 is 5.61. The first-order valence-electron chi connectivity index (χ1n) is 9.75. The van der Waals surface area contributed by atoms with Gasteiger partial charge in [-0.1, -0.05) is 17.7 Å². The van der Waals surface area contributed by atoms with Crippen LogP contribution in [0.3, 0.4) is 0 Å². The van der Waals surface area contributed by atoms with Crippen LogP contribution in [0.15, 0.2) is 55.1 Å². The summed E-state index contributed by atoms with van der Waals surface area (Å²) in [6, 6.07) is 9.10. The van der Waals surface area contributed by atoms with Crippen LogP contribution in [0.1, 0.15) is 5.56 Å². The summed E-state index contributed by atoms with van der Waals surface area (Å²) in [5.41, 5.74) is 3.42. The zero-order chi connectivity index (χ0) is 20.5. The van der Waals surface area contributed by atoms with E-state index >= 15 is 0 Å². The lowest BCUT2D eigenvalue weighted by Gasteiger charge is -2.34. The van der Waals surface area contributed by atoms with Crippen molar-refractivity contribution in [1.29, 1.82) is 0 Å². The van der Waals surface area contributed by atoms with Crippen LogP contribution < -0.4 is 5.32 Å². The second kappa shape index (κ2) is 8.02. The summed E-state index contributed by atoms with van der Waals surface area (Å²) in [6.45, 7) is 2.25. The molecule has 0 bridgehead atoms. The Bertz CT molecular complexity index is 1210. The molecule has 1 atom stereocenters. The van der Waals surface area contributed by atoms with Crippen molar-refractivity contribution in [2.45, 2.75) is 12.6 Å². The molecular formula is C22H20ClN5O2. The number of hydrogen-bond acceptors (Lipinski definition) is 5. The summed E-state index contributed by atoms with van der Waals surface area (Å²) in [7, 11) is 0. The number of nitrogens with one attached hydrogen (secondary N) is 2. The average molecular weight is 422 g/mol. The fourth-order valence-electron chi connectivity index (χ4n) is 3.93. The van der Waals surface area contributed by atoms with E-state index in [1.54, 1.807) is 24.7 Å². The Labute approximate surface area is 178 Å². The molecule has 1 fully saturated rings. The molecule has 3 aromatic heterocycles. The Balaban J connectivity index is 1.44. The van der Waals surface area contributed by atoms with E-state index in [9.17, 15) is 4.79 Å². The van der Waals surface area contributed by atoms with Gasteiger partial charge in [-0.15, -0.1) is 0 Å². The number of aromatic amines is 1. The molecule has 0 radical (unpaired) electrons. The van der Waals surface area contributed by atoms with Crippen molar-refractivity contribution in [3.63, 3.8) is 0 Å². The number of nitrogens with zero attached hydrogens (tertiary/aromatic N) is 3. The summed E-state index contributed by atoms with van der Waals surface area (Å²) in [5, 5.41) is 5.58.